The highest BCUT2D eigenvalue weighted by Gasteiger charge is 2.26. The molecule has 0 aliphatic rings. The number of unbranched alkanes of at least 4 members (excludes halogenated alkanes) is 9. The Balaban J connectivity index is 4.35. The van der Waals surface area contributed by atoms with Crippen LogP contribution in [0.25, 0.3) is 0 Å². The van der Waals surface area contributed by atoms with Crippen molar-refractivity contribution >= 4 is 13.8 Å². The van der Waals surface area contributed by atoms with Gasteiger partial charge in [-0.2, -0.15) is 0 Å². The molecule has 0 radical (unpaired) electrons. The summed E-state index contributed by atoms with van der Waals surface area (Å²) in [6.07, 6.45) is 52.3. The highest BCUT2D eigenvalue weighted by Crippen LogP contribution is 2.43. The number of aliphatic hydroxyl groups is 2. The molecule has 0 aromatic carbocycles. The zero-order valence-corrected chi connectivity index (χ0v) is 35.7. The van der Waals surface area contributed by atoms with Crippen LogP contribution in [0.1, 0.15) is 142 Å². The maximum Gasteiger partial charge on any atom is 0.472 e. The van der Waals surface area contributed by atoms with Gasteiger partial charge in [0.1, 0.15) is 12.2 Å². The summed E-state index contributed by atoms with van der Waals surface area (Å²) in [5.41, 5.74) is 0. The van der Waals surface area contributed by atoms with Crippen molar-refractivity contribution in [1.29, 1.82) is 0 Å². The third kappa shape index (κ3) is 41.0. The van der Waals surface area contributed by atoms with Crippen molar-refractivity contribution in [3.63, 3.8) is 0 Å². The van der Waals surface area contributed by atoms with E-state index in [0.717, 1.165) is 89.9 Å². The van der Waals surface area contributed by atoms with E-state index >= 15 is 0 Å². The Kier molecular flexibility index (Phi) is 40.0. The van der Waals surface area contributed by atoms with Gasteiger partial charge in [-0.05, 0) is 89.9 Å². The quantitative estimate of drug-likeness (QED) is 0.0240. The highest BCUT2D eigenvalue weighted by atomic mass is 31.2. The lowest BCUT2D eigenvalue weighted by Gasteiger charge is -2.20. The van der Waals surface area contributed by atoms with E-state index in [4.69, 9.17) is 23.6 Å². The monoisotopic (exact) mass is 805 g/mol. The molecule has 3 N–H and O–H groups in total. The number of hydrogen-bond acceptors (Lipinski definition) is 8. The van der Waals surface area contributed by atoms with Crippen molar-refractivity contribution in [3.05, 3.63) is 97.2 Å². The van der Waals surface area contributed by atoms with Crippen LogP contribution in [0.3, 0.4) is 0 Å². The van der Waals surface area contributed by atoms with Crippen LogP contribution in [0.2, 0.25) is 0 Å². The van der Waals surface area contributed by atoms with Gasteiger partial charge in [0.2, 0.25) is 0 Å². The second kappa shape index (κ2) is 42.0. The Morgan fingerprint density at radius 1 is 0.571 bits per heavy atom. The van der Waals surface area contributed by atoms with Crippen molar-refractivity contribution < 1.29 is 43.0 Å². The molecular formula is C46H77O9P. The number of carbonyl (C=O) groups excluding carboxylic acids is 1. The normalized spacial score (nSPS) is 15.0. The topological polar surface area (TPSA) is 132 Å². The van der Waals surface area contributed by atoms with Crippen molar-refractivity contribution in [2.24, 2.45) is 0 Å². The van der Waals surface area contributed by atoms with Crippen molar-refractivity contribution in [3.8, 4) is 0 Å². The van der Waals surface area contributed by atoms with Gasteiger partial charge in [-0.25, -0.2) is 4.57 Å². The lowest BCUT2D eigenvalue weighted by atomic mass is 10.1. The Bertz CT molecular complexity index is 1190. The molecule has 0 aromatic heterocycles. The molecule has 9 nitrogen and oxygen atoms in total. The van der Waals surface area contributed by atoms with Gasteiger partial charge in [-0.1, -0.05) is 143 Å². The summed E-state index contributed by atoms with van der Waals surface area (Å²) in [5.74, 6) is -0.421. The van der Waals surface area contributed by atoms with Crippen molar-refractivity contribution in [1.82, 2.24) is 0 Å². The first-order chi connectivity index (χ1) is 27.3. The molecule has 0 amide bonds. The van der Waals surface area contributed by atoms with Crippen LogP contribution >= 0.6 is 7.82 Å². The average molecular weight is 805 g/mol. The third-order valence-electron chi connectivity index (χ3n) is 8.25. The van der Waals surface area contributed by atoms with E-state index in [2.05, 4.69) is 111 Å². The molecule has 0 fully saturated rings. The van der Waals surface area contributed by atoms with Crippen molar-refractivity contribution in [2.75, 3.05) is 33.0 Å². The van der Waals surface area contributed by atoms with Crippen LogP contribution in [0, 0.1) is 0 Å². The molecule has 0 aliphatic carbocycles. The average Bonchev–Trinajstić information content (AvgIpc) is 3.19. The second-order valence-electron chi connectivity index (χ2n) is 13.6. The zero-order chi connectivity index (χ0) is 41.1. The van der Waals surface area contributed by atoms with Crippen LogP contribution in [-0.4, -0.2) is 66.3 Å². The van der Waals surface area contributed by atoms with Crippen LogP contribution < -0.4 is 0 Å². The summed E-state index contributed by atoms with van der Waals surface area (Å²) in [4.78, 5) is 22.5. The predicted octanol–water partition coefficient (Wildman–Crippen LogP) is 11.7. The number of carbonyl (C=O) groups is 1. The van der Waals surface area contributed by atoms with Crippen LogP contribution in [0.15, 0.2) is 97.2 Å². The number of ether oxygens (including phenoxy) is 2. The fraction of sp³-hybridized carbons (Fsp3) is 0.630. The van der Waals surface area contributed by atoms with E-state index in [1.165, 1.54) is 25.7 Å². The van der Waals surface area contributed by atoms with Gasteiger partial charge in [0.05, 0.1) is 26.4 Å². The van der Waals surface area contributed by atoms with E-state index in [9.17, 15) is 19.4 Å². The molecule has 0 saturated carbocycles. The molecule has 3 unspecified atom stereocenters. The van der Waals surface area contributed by atoms with Gasteiger partial charge >= 0.3 is 13.8 Å². The number of aliphatic hydroxyl groups excluding tert-OH is 2. The number of esters is 1. The van der Waals surface area contributed by atoms with E-state index in [1.807, 2.05) is 0 Å². The fourth-order valence-electron chi connectivity index (χ4n) is 5.05. The first-order valence-corrected chi connectivity index (χ1v) is 22.7. The summed E-state index contributed by atoms with van der Waals surface area (Å²) in [6.45, 7) is 3.16. The number of phosphoric acid groups is 1. The molecule has 0 aliphatic heterocycles. The Morgan fingerprint density at radius 2 is 1.02 bits per heavy atom. The lowest BCUT2D eigenvalue weighted by Crippen LogP contribution is -2.29. The van der Waals surface area contributed by atoms with E-state index in [-0.39, 0.29) is 13.0 Å². The van der Waals surface area contributed by atoms with Gasteiger partial charge in [0, 0.05) is 13.0 Å². The van der Waals surface area contributed by atoms with Crippen LogP contribution in [0.4, 0.5) is 0 Å². The molecule has 10 heteroatoms. The van der Waals surface area contributed by atoms with E-state index in [1.54, 1.807) is 0 Å². The zero-order valence-electron chi connectivity index (χ0n) is 34.8. The third-order valence-corrected chi connectivity index (χ3v) is 9.20. The number of rotatable bonds is 39. The minimum atomic E-state index is -4.54. The minimum absolute atomic E-state index is 0.00305. The number of phosphoric ester groups is 1. The molecule has 3 atom stereocenters. The van der Waals surface area contributed by atoms with Gasteiger partial charge in [0.15, 0.2) is 0 Å². The van der Waals surface area contributed by atoms with Crippen molar-refractivity contribution in [2.45, 2.75) is 154 Å². The maximum absolute atomic E-state index is 12.6. The predicted molar refractivity (Wildman–Crippen MR) is 232 cm³/mol. The maximum atomic E-state index is 12.6. The molecule has 0 saturated heterocycles. The smallest absolute Gasteiger partial charge is 0.457 e. The first kappa shape index (κ1) is 53.4. The number of hydrogen-bond donors (Lipinski definition) is 3. The van der Waals surface area contributed by atoms with Gasteiger partial charge in [-0.3, -0.25) is 13.8 Å². The Morgan fingerprint density at radius 3 is 1.54 bits per heavy atom. The highest BCUT2D eigenvalue weighted by molar-refractivity contribution is 7.47. The van der Waals surface area contributed by atoms with Gasteiger partial charge < -0.3 is 24.6 Å². The summed E-state index contributed by atoms with van der Waals surface area (Å²) < 4.78 is 33.2. The van der Waals surface area contributed by atoms with Gasteiger partial charge in [0.25, 0.3) is 0 Å². The minimum Gasteiger partial charge on any atom is -0.457 e. The molecule has 0 bridgehead atoms. The largest absolute Gasteiger partial charge is 0.472 e. The second-order valence-corrected chi connectivity index (χ2v) is 15.1. The van der Waals surface area contributed by atoms with E-state index < -0.39 is 45.8 Å². The fourth-order valence-corrected chi connectivity index (χ4v) is 5.84. The Labute approximate surface area is 340 Å². The first-order valence-electron chi connectivity index (χ1n) is 21.2. The standard InChI is InChI=1S/C46H77O9P/c1-3-5-7-9-11-13-15-17-19-20-21-22-23-25-27-29-31-33-35-37-39-52-42-45(43-54-56(50,51)53-41-44(48)40-47)55-46(49)38-36-34-32-30-28-26-24-18-16-14-12-10-8-6-4-2/h5,7,11-14,17-19,21-22,24-25,27,31,33,44-45,47-48H,3-4,6,8-10,15-16,20,23,26,28-30,32,34-43H2,1-2H3,(H,50,51)/b7-5-,13-11-,14-12-,19-17-,22-21-,24-18-,27-25-,33-31-. The molecule has 56 heavy (non-hydrogen) atoms. The molecule has 0 rings (SSSR count). The molecular weight excluding hydrogens is 727 g/mol. The molecule has 0 spiro atoms. The molecule has 0 heterocycles. The SMILES string of the molecule is CC/C=C\C/C=C\C/C=C\C/C=C\C/C=C\C/C=C\CCCOCC(COP(=O)(O)OCC(O)CO)OC(=O)CCCCCCC/C=C\C/C=C\CCCCC. The summed E-state index contributed by atoms with van der Waals surface area (Å²) in [5, 5.41) is 18.3. The lowest BCUT2D eigenvalue weighted by molar-refractivity contribution is -0.154. The Hall–Kier alpha value is -2.62. The van der Waals surface area contributed by atoms with Crippen LogP contribution in [0.5, 0.6) is 0 Å². The van der Waals surface area contributed by atoms with Gasteiger partial charge in [-0.15, -0.1) is 0 Å². The summed E-state index contributed by atoms with van der Waals surface area (Å²) in [7, 11) is -4.54. The van der Waals surface area contributed by atoms with Crippen LogP contribution in [-0.2, 0) is 27.9 Å². The van der Waals surface area contributed by atoms with E-state index in [0.29, 0.717) is 13.0 Å². The molecule has 320 valence electrons. The summed E-state index contributed by atoms with van der Waals surface area (Å²) >= 11 is 0. The number of allylic oxidation sites excluding steroid dienone is 16. The summed E-state index contributed by atoms with van der Waals surface area (Å²) in [6, 6.07) is 0. The molecule has 0 aromatic rings.